The molecule has 2 aliphatic rings. The van der Waals surface area contributed by atoms with Crippen LogP contribution in [0.25, 0.3) is 0 Å². The first kappa shape index (κ1) is 5.33. The van der Waals surface area contributed by atoms with Crippen LogP contribution >= 0.6 is 0 Å². The Morgan fingerprint density at radius 3 is 2.00 bits per heavy atom. The summed E-state index contributed by atoms with van der Waals surface area (Å²) in [5.41, 5.74) is 0. The summed E-state index contributed by atoms with van der Waals surface area (Å²) in [6.45, 7) is 0. The minimum absolute atomic E-state index is 0.685. The van der Waals surface area contributed by atoms with Gasteiger partial charge >= 0.3 is 58.6 Å². The summed E-state index contributed by atoms with van der Waals surface area (Å²) in [7, 11) is 0. The van der Waals surface area contributed by atoms with Crippen molar-refractivity contribution in [2.24, 2.45) is 5.92 Å². The molecule has 2 saturated carbocycles. The van der Waals surface area contributed by atoms with Crippen LogP contribution in [0.3, 0.4) is 0 Å². The van der Waals surface area contributed by atoms with Crippen molar-refractivity contribution in [2.75, 3.05) is 0 Å². The van der Waals surface area contributed by atoms with Crippen molar-refractivity contribution in [3.8, 4) is 0 Å². The Hall–Kier alpha value is 0.532. The zero-order valence-electron chi connectivity index (χ0n) is 5.02. The molecule has 0 aromatic carbocycles. The Labute approximate surface area is 59.1 Å². The number of fused-ring (bicyclic) bond motifs is 2. The van der Waals surface area contributed by atoms with E-state index in [-0.39, 0.29) is 0 Å². The predicted molar refractivity (Wildman–Crippen MR) is 29.3 cm³/mol. The van der Waals surface area contributed by atoms with E-state index in [9.17, 15) is 0 Å². The fourth-order valence-electron chi connectivity index (χ4n) is 2.14. The van der Waals surface area contributed by atoms with Crippen LogP contribution < -0.4 is 0 Å². The summed E-state index contributed by atoms with van der Waals surface area (Å²) in [5.74, 6) is 1.11. The predicted octanol–water partition coefficient (Wildman–Crippen LogP) is 2.29. The van der Waals surface area contributed by atoms with E-state index < -0.39 is 0 Å². The van der Waals surface area contributed by atoms with E-state index in [1.54, 1.807) is 0 Å². The quantitative estimate of drug-likeness (QED) is 0.493. The first-order chi connectivity index (χ1) is 3.79. The summed E-state index contributed by atoms with van der Waals surface area (Å²) in [6.07, 6.45) is 7.45. The van der Waals surface area contributed by atoms with Gasteiger partial charge in [-0.05, 0) is 0 Å². The molecule has 0 aromatic heterocycles. The third-order valence-electron chi connectivity index (χ3n) is 2.68. The molecule has 0 aromatic rings. The Morgan fingerprint density at radius 1 is 1.25 bits per heavy atom. The van der Waals surface area contributed by atoms with Crippen molar-refractivity contribution in [1.82, 2.24) is 0 Å². The van der Waals surface area contributed by atoms with Crippen molar-refractivity contribution < 1.29 is 16.3 Å². The van der Waals surface area contributed by atoms with Crippen molar-refractivity contribution in [3.63, 3.8) is 0 Å². The molecule has 0 nitrogen and oxygen atoms in total. The normalized spacial score (nSPS) is 52.8. The van der Waals surface area contributed by atoms with E-state index in [1.807, 2.05) is 0 Å². The second-order valence-corrected chi connectivity index (χ2v) is 4.68. The van der Waals surface area contributed by atoms with E-state index in [2.05, 4.69) is 16.3 Å². The molecule has 0 unspecified atom stereocenters. The van der Waals surface area contributed by atoms with Crippen LogP contribution in [0, 0.1) is 5.92 Å². The van der Waals surface area contributed by atoms with Gasteiger partial charge in [0.15, 0.2) is 0 Å². The monoisotopic (exact) mass is 147 g/mol. The molecule has 0 N–H and O–H groups in total. The molecule has 2 aliphatic carbocycles. The fraction of sp³-hybridized carbons (Fsp3) is 1.00. The van der Waals surface area contributed by atoms with Gasteiger partial charge in [0.2, 0.25) is 0 Å². The average Bonchev–Trinajstić information content (AvgIpc) is 2.21. The van der Waals surface area contributed by atoms with Gasteiger partial charge in [-0.15, -0.1) is 0 Å². The Bertz CT molecular complexity index is 101. The van der Waals surface area contributed by atoms with E-state index in [0.717, 1.165) is 5.92 Å². The van der Waals surface area contributed by atoms with E-state index >= 15 is 0 Å². The van der Waals surface area contributed by atoms with Crippen LogP contribution in [0.1, 0.15) is 32.1 Å². The van der Waals surface area contributed by atoms with E-state index in [4.69, 9.17) is 0 Å². The molecular weight excluding hydrogens is 136 g/mol. The van der Waals surface area contributed by atoms with Crippen LogP contribution in [-0.2, 0) is 16.3 Å². The zero-order chi connectivity index (χ0) is 5.61. The topological polar surface area (TPSA) is 0 Å². The van der Waals surface area contributed by atoms with Gasteiger partial charge in [-0.3, -0.25) is 0 Å². The molecule has 0 radical (unpaired) electrons. The van der Waals surface area contributed by atoms with Gasteiger partial charge in [0.25, 0.3) is 0 Å². The molecule has 45 valence electrons. The van der Waals surface area contributed by atoms with Crippen LogP contribution in [-0.4, -0.2) is 0 Å². The molecule has 8 heavy (non-hydrogen) atoms. The van der Waals surface area contributed by atoms with Crippen LogP contribution in [0.2, 0.25) is 4.28 Å². The SMILES string of the molecule is [Cr][C]12CCC(CC1)C2. The molecule has 2 fully saturated rings. The molecule has 2 rings (SSSR count). The number of hydrogen-bond acceptors (Lipinski definition) is 0. The molecule has 0 aliphatic heterocycles. The van der Waals surface area contributed by atoms with Crippen molar-refractivity contribution in [3.05, 3.63) is 0 Å². The third-order valence-corrected chi connectivity index (χ3v) is 3.57. The van der Waals surface area contributed by atoms with Gasteiger partial charge in [0.05, 0.1) is 0 Å². The molecule has 0 amide bonds. The maximum absolute atomic E-state index is 3.34. The number of rotatable bonds is 0. The molecule has 0 spiro atoms. The summed E-state index contributed by atoms with van der Waals surface area (Å²) >= 11 is 3.34. The minimum atomic E-state index is 0.685. The molecule has 0 atom stereocenters. The second kappa shape index (κ2) is 1.52. The van der Waals surface area contributed by atoms with Crippen molar-refractivity contribution in [2.45, 2.75) is 36.4 Å². The Morgan fingerprint density at radius 2 is 1.88 bits per heavy atom. The first-order valence-corrected chi connectivity index (χ1v) is 4.13. The van der Waals surface area contributed by atoms with Gasteiger partial charge in [-0.1, -0.05) is 0 Å². The van der Waals surface area contributed by atoms with Gasteiger partial charge in [-0.25, -0.2) is 0 Å². The van der Waals surface area contributed by atoms with Gasteiger partial charge in [0.1, 0.15) is 0 Å². The summed E-state index contributed by atoms with van der Waals surface area (Å²) in [4.78, 5) is 0. The molecule has 0 saturated heterocycles. The Balaban J connectivity index is 2.19. The third kappa shape index (κ3) is 0.650. The van der Waals surface area contributed by atoms with Crippen molar-refractivity contribution >= 4 is 0 Å². The fourth-order valence-corrected chi connectivity index (χ4v) is 2.87. The summed E-state index contributed by atoms with van der Waals surface area (Å²) in [6, 6.07) is 0. The van der Waals surface area contributed by atoms with E-state index in [0.29, 0.717) is 4.28 Å². The molecule has 0 heterocycles. The van der Waals surface area contributed by atoms with Crippen LogP contribution in [0.5, 0.6) is 0 Å². The zero-order valence-corrected chi connectivity index (χ0v) is 6.30. The van der Waals surface area contributed by atoms with Crippen LogP contribution in [0.4, 0.5) is 0 Å². The van der Waals surface area contributed by atoms with Gasteiger partial charge in [-0.2, -0.15) is 0 Å². The second-order valence-electron chi connectivity index (χ2n) is 3.33. The Kier molecular flexibility index (Phi) is 1.01. The molecule has 2 bridgehead atoms. The summed E-state index contributed by atoms with van der Waals surface area (Å²) < 4.78 is 0.685. The van der Waals surface area contributed by atoms with Crippen LogP contribution in [0.15, 0.2) is 0 Å². The van der Waals surface area contributed by atoms with Crippen molar-refractivity contribution in [1.29, 1.82) is 0 Å². The average molecular weight is 147 g/mol. The summed E-state index contributed by atoms with van der Waals surface area (Å²) in [5, 5.41) is 0. The standard InChI is InChI=1S/C7H11.Cr/c1-2-7-4-3-6(1)5-7;/h6H,1-5H2;. The van der Waals surface area contributed by atoms with Gasteiger partial charge in [0, 0.05) is 0 Å². The molecule has 1 heteroatoms. The maximum atomic E-state index is 3.34. The number of hydrogen-bond donors (Lipinski definition) is 0. The van der Waals surface area contributed by atoms with E-state index in [1.165, 1.54) is 32.1 Å². The van der Waals surface area contributed by atoms with Gasteiger partial charge < -0.3 is 0 Å². The molecular formula is C7H11Cr. The first-order valence-electron chi connectivity index (χ1n) is 3.49.